The predicted octanol–water partition coefficient (Wildman–Crippen LogP) is 3.64. The minimum Gasteiger partial charge on any atom is -0.508 e. The number of phenols is 1. The van der Waals surface area contributed by atoms with Crippen LogP contribution in [0, 0.1) is 0 Å². The molecule has 0 amide bonds. The first-order valence-electron chi connectivity index (χ1n) is 7.25. The van der Waals surface area contributed by atoms with Crippen LogP contribution in [0.2, 0.25) is 0 Å². The summed E-state index contributed by atoms with van der Waals surface area (Å²) < 4.78 is 5.65. The van der Waals surface area contributed by atoms with Crippen molar-refractivity contribution in [2.24, 2.45) is 0 Å². The van der Waals surface area contributed by atoms with Gasteiger partial charge in [-0.1, -0.05) is 30.3 Å². The van der Waals surface area contributed by atoms with Crippen molar-refractivity contribution in [3.8, 4) is 11.5 Å². The van der Waals surface area contributed by atoms with Crippen LogP contribution in [-0.2, 0) is 11.2 Å². The summed E-state index contributed by atoms with van der Waals surface area (Å²) >= 11 is 0. The van der Waals surface area contributed by atoms with Gasteiger partial charge >= 0.3 is 5.97 Å². The zero-order valence-corrected chi connectivity index (χ0v) is 12.5. The highest BCUT2D eigenvalue weighted by Gasteiger charge is 2.35. The molecular formula is C18H20O4. The van der Waals surface area contributed by atoms with Crippen LogP contribution in [0.5, 0.6) is 11.5 Å². The Kier molecular flexibility index (Phi) is 5.04. The molecule has 0 aromatic heterocycles. The normalized spacial score (nSPS) is 13.3. The first-order valence-corrected chi connectivity index (χ1v) is 7.25. The van der Waals surface area contributed by atoms with Crippen molar-refractivity contribution in [2.45, 2.75) is 31.8 Å². The fourth-order valence-electron chi connectivity index (χ4n) is 2.25. The van der Waals surface area contributed by atoms with Crippen LogP contribution < -0.4 is 4.74 Å². The van der Waals surface area contributed by atoms with Gasteiger partial charge < -0.3 is 14.9 Å². The molecule has 22 heavy (non-hydrogen) atoms. The van der Waals surface area contributed by atoms with Crippen molar-refractivity contribution in [1.29, 1.82) is 0 Å². The third-order valence-corrected chi connectivity index (χ3v) is 3.59. The topological polar surface area (TPSA) is 66.8 Å². The molecular weight excluding hydrogens is 280 g/mol. The van der Waals surface area contributed by atoms with E-state index in [1.807, 2.05) is 30.3 Å². The summed E-state index contributed by atoms with van der Waals surface area (Å²) in [6.07, 6.45) is 1.92. The van der Waals surface area contributed by atoms with Gasteiger partial charge in [-0.3, -0.25) is 0 Å². The van der Waals surface area contributed by atoms with E-state index in [1.165, 1.54) is 17.7 Å². The molecule has 1 atom stereocenters. The highest BCUT2D eigenvalue weighted by molar-refractivity contribution is 5.77. The highest BCUT2D eigenvalue weighted by atomic mass is 16.5. The minimum atomic E-state index is -1.29. The Morgan fingerprint density at radius 1 is 1.09 bits per heavy atom. The Labute approximate surface area is 130 Å². The summed E-state index contributed by atoms with van der Waals surface area (Å²) in [6, 6.07) is 16.0. The van der Waals surface area contributed by atoms with Gasteiger partial charge in [-0.05, 0) is 56.0 Å². The lowest BCUT2D eigenvalue weighted by Gasteiger charge is -2.26. The molecule has 4 heteroatoms. The lowest BCUT2D eigenvalue weighted by Crippen LogP contribution is -2.41. The summed E-state index contributed by atoms with van der Waals surface area (Å²) in [5.74, 6) is -0.440. The molecule has 2 N–H and O–H groups in total. The van der Waals surface area contributed by atoms with Crippen LogP contribution in [0.3, 0.4) is 0 Å². The first-order chi connectivity index (χ1) is 10.5. The smallest absolute Gasteiger partial charge is 0.347 e. The van der Waals surface area contributed by atoms with Gasteiger partial charge in [0.1, 0.15) is 11.5 Å². The average molecular weight is 300 g/mol. The second kappa shape index (κ2) is 6.98. The Hall–Kier alpha value is -2.49. The van der Waals surface area contributed by atoms with Gasteiger partial charge in [0.05, 0.1) is 0 Å². The molecule has 0 bridgehead atoms. The SMILES string of the molecule is CC(CCCc1ccccc1)(Oc1ccc(O)cc1)C(=O)O. The van der Waals surface area contributed by atoms with E-state index < -0.39 is 11.6 Å². The number of carboxylic acid groups (broad SMARTS) is 1. The first kappa shape index (κ1) is 15.9. The van der Waals surface area contributed by atoms with E-state index in [1.54, 1.807) is 19.1 Å². The van der Waals surface area contributed by atoms with Crippen LogP contribution in [0.25, 0.3) is 0 Å². The van der Waals surface area contributed by atoms with E-state index in [4.69, 9.17) is 4.74 Å². The van der Waals surface area contributed by atoms with Crippen molar-refractivity contribution < 1.29 is 19.7 Å². The molecule has 2 aromatic rings. The number of carboxylic acids is 1. The summed E-state index contributed by atoms with van der Waals surface area (Å²) in [4.78, 5) is 11.6. The van der Waals surface area contributed by atoms with Crippen LogP contribution in [0.15, 0.2) is 54.6 Å². The van der Waals surface area contributed by atoms with E-state index in [9.17, 15) is 15.0 Å². The third-order valence-electron chi connectivity index (χ3n) is 3.59. The molecule has 0 heterocycles. The number of hydrogen-bond acceptors (Lipinski definition) is 3. The summed E-state index contributed by atoms with van der Waals surface area (Å²) in [6.45, 7) is 1.58. The number of phenolic OH excluding ortho intramolecular Hbond substituents is 1. The average Bonchev–Trinajstić information content (AvgIpc) is 2.50. The van der Waals surface area contributed by atoms with E-state index in [0.717, 1.165) is 6.42 Å². The quantitative estimate of drug-likeness (QED) is 0.819. The number of ether oxygens (including phenoxy) is 1. The number of rotatable bonds is 7. The molecule has 0 fully saturated rings. The molecule has 0 aliphatic heterocycles. The zero-order valence-electron chi connectivity index (χ0n) is 12.5. The molecule has 116 valence electrons. The largest absolute Gasteiger partial charge is 0.508 e. The maximum absolute atomic E-state index is 11.6. The van der Waals surface area contributed by atoms with Gasteiger partial charge in [0.25, 0.3) is 0 Å². The molecule has 0 spiro atoms. The summed E-state index contributed by atoms with van der Waals surface area (Å²) in [7, 11) is 0. The second-order valence-electron chi connectivity index (χ2n) is 5.47. The number of benzene rings is 2. The van der Waals surface area contributed by atoms with Gasteiger partial charge in [0.2, 0.25) is 5.60 Å². The van der Waals surface area contributed by atoms with E-state index in [0.29, 0.717) is 18.6 Å². The molecule has 0 radical (unpaired) electrons. The fourth-order valence-corrected chi connectivity index (χ4v) is 2.25. The van der Waals surface area contributed by atoms with Crippen molar-refractivity contribution in [3.05, 3.63) is 60.2 Å². The Morgan fingerprint density at radius 3 is 2.32 bits per heavy atom. The molecule has 2 rings (SSSR count). The van der Waals surface area contributed by atoms with E-state index >= 15 is 0 Å². The summed E-state index contributed by atoms with van der Waals surface area (Å²) in [5.41, 5.74) is -0.106. The highest BCUT2D eigenvalue weighted by Crippen LogP contribution is 2.25. The molecule has 1 unspecified atom stereocenters. The van der Waals surface area contributed by atoms with Crippen molar-refractivity contribution >= 4 is 5.97 Å². The number of aromatic hydroxyl groups is 1. The Bertz CT molecular complexity index is 607. The van der Waals surface area contributed by atoms with Gasteiger partial charge in [-0.15, -0.1) is 0 Å². The number of hydrogen-bond donors (Lipinski definition) is 2. The predicted molar refractivity (Wildman–Crippen MR) is 84.2 cm³/mol. The Morgan fingerprint density at radius 2 is 1.73 bits per heavy atom. The molecule has 4 nitrogen and oxygen atoms in total. The summed E-state index contributed by atoms with van der Waals surface area (Å²) in [5, 5.41) is 18.7. The van der Waals surface area contributed by atoms with Crippen LogP contribution >= 0.6 is 0 Å². The molecule has 0 saturated heterocycles. The number of aliphatic carboxylic acids is 1. The number of aryl methyl sites for hydroxylation is 1. The molecule has 2 aromatic carbocycles. The maximum atomic E-state index is 11.6. The monoisotopic (exact) mass is 300 g/mol. The Balaban J connectivity index is 1.98. The van der Waals surface area contributed by atoms with Crippen molar-refractivity contribution in [3.63, 3.8) is 0 Å². The van der Waals surface area contributed by atoms with Crippen LogP contribution in [-0.4, -0.2) is 21.8 Å². The van der Waals surface area contributed by atoms with Gasteiger partial charge in [-0.2, -0.15) is 0 Å². The minimum absolute atomic E-state index is 0.119. The van der Waals surface area contributed by atoms with Crippen molar-refractivity contribution in [2.75, 3.05) is 0 Å². The van der Waals surface area contributed by atoms with Gasteiger partial charge in [0.15, 0.2) is 0 Å². The number of carbonyl (C=O) groups is 1. The molecule has 0 aliphatic carbocycles. The van der Waals surface area contributed by atoms with E-state index in [2.05, 4.69) is 0 Å². The lowest BCUT2D eigenvalue weighted by molar-refractivity contribution is -0.154. The molecule has 0 saturated carbocycles. The van der Waals surface area contributed by atoms with Crippen molar-refractivity contribution in [1.82, 2.24) is 0 Å². The van der Waals surface area contributed by atoms with Gasteiger partial charge in [-0.25, -0.2) is 4.79 Å². The maximum Gasteiger partial charge on any atom is 0.347 e. The third kappa shape index (κ3) is 4.25. The van der Waals surface area contributed by atoms with E-state index in [-0.39, 0.29) is 5.75 Å². The molecule has 0 aliphatic rings. The zero-order chi connectivity index (χ0) is 16.0. The standard InChI is InChI=1S/C18H20O4/c1-18(17(20)21,22-16-11-9-15(19)10-12-16)13-5-8-14-6-3-2-4-7-14/h2-4,6-7,9-12,19H,5,8,13H2,1H3,(H,20,21). The van der Waals surface area contributed by atoms with Crippen LogP contribution in [0.1, 0.15) is 25.3 Å². The fraction of sp³-hybridized carbons (Fsp3) is 0.278. The van der Waals surface area contributed by atoms with Gasteiger partial charge in [0, 0.05) is 0 Å². The second-order valence-corrected chi connectivity index (χ2v) is 5.47. The van der Waals surface area contributed by atoms with Crippen LogP contribution in [0.4, 0.5) is 0 Å². The lowest BCUT2D eigenvalue weighted by atomic mass is 9.96.